The molecule has 0 saturated heterocycles. The van der Waals surface area contributed by atoms with Gasteiger partial charge in [0, 0.05) is 5.75 Å². The molecule has 0 aliphatic rings. The summed E-state index contributed by atoms with van der Waals surface area (Å²) in [5.41, 5.74) is 1.89. The zero-order valence-electron chi connectivity index (χ0n) is 16.2. The van der Waals surface area contributed by atoms with E-state index in [2.05, 4.69) is 34.6 Å². The van der Waals surface area contributed by atoms with Crippen molar-refractivity contribution >= 4 is 17.9 Å². The van der Waals surface area contributed by atoms with Crippen LogP contribution in [0.15, 0.2) is 33.9 Å². The van der Waals surface area contributed by atoms with Gasteiger partial charge in [-0.15, -0.1) is 10.2 Å². The fourth-order valence-corrected chi connectivity index (χ4v) is 3.11. The number of thioether (sulfide) groups is 1. The molecule has 6 nitrogen and oxygen atoms in total. The first-order chi connectivity index (χ1) is 12.2. The number of nitrogens with zero attached hydrogens (tertiary/aromatic N) is 2. The smallest absolute Gasteiger partial charge is 0.408 e. The van der Waals surface area contributed by atoms with Crippen LogP contribution < -0.4 is 5.32 Å². The number of rotatable bonds is 6. The second-order valence-electron chi connectivity index (χ2n) is 7.49. The van der Waals surface area contributed by atoms with Gasteiger partial charge < -0.3 is 14.5 Å². The molecule has 7 heteroatoms. The number of carbonyl (C=O) groups is 1. The molecular formula is C19H27N3O3S. The van der Waals surface area contributed by atoms with Crippen LogP contribution in [0.2, 0.25) is 0 Å². The van der Waals surface area contributed by atoms with Gasteiger partial charge in [0.05, 0.1) is 0 Å². The van der Waals surface area contributed by atoms with Gasteiger partial charge in [-0.05, 0) is 44.7 Å². The lowest BCUT2D eigenvalue weighted by Crippen LogP contribution is -2.37. The number of alkyl carbamates (subject to hydrolysis) is 1. The van der Waals surface area contributed by atoms with Gasteiger partial charge in [-0.2, -0.15) is 0 Å². The zero-order valence-corrected chi connectivity index (χ0v) is 17.0. The highest BCUT2D eigenvalue weighted by molar-refractivity contribution is 7.98. The highest BCUT2D eigenvalue weighted by Gasteiger charge is 2.27. The van der Waals surface area contributed by atoms with Crippen LogP contribution in [0.4, 0.5) is 4.79 Å². The second-order valence-corrected chi connectivity index (χ2v) is 8.42. The van der Waals surface area contributed by atoms with Crippen LogP contribution in [0, 0.1) is 12.8 Å². The molecule has 142 valence electrons. The summed E-state index contributed by atoms with van der Waals surface area (Å²) < 4.78 is 11.1. The van der Waals surface area contributed by atoms with E-state index in [1.807, 2.05) is 46.8 Å². The Morgan fingerprint density at radius 1 is 1.27 bits per heavy atom. The molecule has 1 aromatic heterocycles. The molecule has 1 aromatic carbocycles. The molecule has 26 heavy (non-hydrogen) atoms. The van der Waals surface area contributed by atoms with Crippen LogP contribution >= 0.6 is 11.8 Å². The summed E-state index contributed by atoms with van der Waals surface area (Å²) in [4.78, 5) is 12.1. The summed E-state index contributed by atoms with van der Waals surface area (Å²) in [5, 5.41) is 11.5. The van der Waals surface area contributed by atoms with Crippen molar-refractivity contribution in [1.29, 1.82) is 0 Å². The van der Waals surface area contributed by atoms with Crippen LogP contribution in [0.25, 0.3) is 0 Å². The SMILES string of the molecule is Cc1ccccc1CSc1nnc(C(NC(=O)OC(C)(C)C)C(C)C)o1. The average molecular weight is 378 g/mol. The maximum atomic E-state index is 12.1. The Labute approximate surface area is 159 Å². The Morgan fingerprint density at radius 3 is 2.58 bits per heavy atom. The van der Waals surface area contributed by atoms with Crippen molar-refractivity contribution in [3.05, 3.63) is 41.3 Å². The second kappa shape index (κ2) is 8.58. The van der Waals surface area contributed by atoms with E-state index in [1.54, 1.807) is 0 Å². The Kier molecular flexibility index (Phi) is 6.69. The normalized spacial score (nSPS) is 12.9. The number of hydrogen-bond donors (Lipinski definition) is 1. The molecule has 2 aromatic rings. The highest BCUT2D eigenvalue weighted by atomic mass is 32.2. The number of carbonyl (C=O) groups excluding carboxylic acids is 1. The van der Waals surface area contributed by atoms with E-state index >= 15 is 0 Å². The fourth-order valence-electron chi connectivity index (χ4n) is 2.26. The Morgan fingerprint density at radius 2 is 1.96 bits per heavy atom. The minimum Gasteiger partial charge on any atom is -0.444 e. The van der Waals surface area contributed by atoms with E-state index in [0.717, 1.165) is 5.75 Å². The van der Waals surface area contributed by atoms with Crippen LogP contribution in [0.5, 0.6) is 0 Å². The lowest BCUT2D eigenvalue weighted by Gasteiger charge is -2.23. The van der Waals surface area contributed by atoms with Crippen molar-refractivity contribution in [3.63, 3.8) is 0 Å². The Bertz CT molecular complexity index is 738. The Hall–Kier alpha value is -2.02. The summed E-state index contributed by atoms with van der Waals surface area (Å²) >= 11 is 1.48. The third-order valence-electron chi connectivity index (χ3n) is 3.64. The minimum absolute atomic E-state index is 0.0807. The Balaban J connectivity index is 2.02. The number of amides is 1. The summed E-state index contributed by atoms with van der Waals surface area (Å²) in [6, 6.07) is 7.80. The molecule has 1 amide bonds. The molecule has 0 bridgehead atoms. The maximum Gasteiger partial charge on any atom is 0.408 e. The first-order valence-corrected chi connectivity index (χ1v) is 9.64. The van der Waals surface area contributed by atoms with Crippen molar-refractivity contribution in [2.75, 3.05) is 0 Å². The van der Waals surface area contributed by atoms with Gasteiger partial charge in [-0.3, -0.25) is 0 Å². The molecule has 1 unspecified atom stereocenters. The largest absolute Gasteiger partial charge is 0.444 e. The minimum atomic E-state index is -0.561. The molecule has 0 radical (unpaired) electrons. The summed E-state index contributed by atoms with van der Waals surface area (Å²) in [7, 11) is 0. The molecule has 1 N–H and O–H groups in total. The number of benzene rings is 1. The lowest BCUT2D eigenvalue weighted by atomic mass is 10.1. The van der Waals surface area contributed by atoms with Gasteiger partial charge in [0.25, 0.3) is 5.22 Å². The molecule has 1 atom stereocenters. The third-order valence-corrected chi connectivity index (χ3v) is 4.51. The summed E-state index contributed by atoms with van der Waals surface area (Å²) in [6.45, 7) is 11.5. The van der Waals surface area contributed by atoms with Crippen molar-refractivity contribution in [1.82, 2.24) is 15.5 Å². The zero-order chi connectivity index (χ0) is 19.3. The summed E-state index contributed by atoms with van der Waals surface area (Å²) in [6.07, 6.45) is -0.497. The number of aryl methyl sites for hydroxylation is 1. The van der Waals surface area contributed by atoms with E-state index in [0.29, 0.717) is 11.1 Å². The molecule has 0 aliphatic carbocycles. The van der Waals surface area contributed by atoms with Crippen molar-refractivity contribution in [2.45, 2.75) is 64.2 Å². The molecule has 1 heterocycles. The summed E-state index contributed by atoms with van der Waals surface area (Å²) in [5.74, 6) is 1.22. The number of aromatic nitrogens is 2. The van der Waals surface area contributed by atoms with Gasteiger partial charge in [-0.1, -0.05) is 49.9 Å². The van der Waals surface area contributed by atoms with Crippen LogP contribution in [0.3, 0.4) is 0 Å². The van der Waals surface area contributed by atoms with Gasteiger partial charge in [0.2, 0.25) is 5.89 Å². The third kappa shape index (κ3) is 6.05. The van der Waals surface area contributed by atoms with Crippen molar-refractivity contribution in [2.24, 2.45) is 5.92 Å². The topological polar surface area (TPSA) is 77.2 Å². The van der Waals surface area contributed by atoms with E-state index in [1.165, 1.54) is 22.9 Å². The molecule has 0 saturated carbocycles. The standard InChI is InChI=1S/C19H27N3O3S/c1-12(2)15(20-17(23)25-19(4,5)6)16-21-22-18(24-16)26-11-14-10-8-7-9-13(14)3/h7-10,12,15H,11H2,1-6H3,(H,20,23). The van der Waals surface area contributed by atoms with Gasteiger partial charge in [0.1, 0.15) is 11.6 Å². The molecule has 2 rings (SSSR count). The lowest BCUT2D eigenvalue weighted by molar-refractivity contribution is 0.0477. The van der Waals surface area contributed by atoms with Gasteiger partial charge >= 0.3 is 6.09 Å². The van der Waals surface area contributed by atoms with Crippen LogP contribution in [-0.4, -0.2) is 21.9 Å². The van der Waals surface area contributed by atoms with Crippen LogP contribution in [-0.2, 0) is 10.5 Å². The van der Waals surface area contributed by atoms with Gasteiger partial charge in [-0.25, -0.2) is 4.79 Å². The van der Waals surface area contributed by atoms with Crippen LogP contribution in [0.1, 0.15) is 57.7 Å². The number of nitrogens with one attached hydrogen (secondary N) is 1. The molecular weight excluding hydrogens is 350 g/mol. The predicted octanol–water partition coefficient (Wildman–Crippen LogP) is 4.89. The van der Waals surface area contributed by atoms with Crippen molar-refractivity contribution in [3.8, 4) is 0 Å². The van der Waals surface area contributed by atoms with E-state index in [9.17, 15) is 4.79 Å². The molecule has 0 aliphatic heterocycles. The monoisotopic (exact) mass is 377 g/mol. The number of hydrogen-bond acceptors (Lipinski definition) is 6. The number of ether oxygens (including phenoxy) is 1. The molecule has 0 spiro atoms. The quantitative estimate of drug-likeness (QED) is 0.722. The van der Waals surface area contributed by atoms with Crippen molar-refractivity contribution < 1.29 is 13.9 Å². The van der Waals surface area contributed by atoms with E-state index < -0.39 is 17.7 Å². The maximum absolute atomic E-state index is 12.1. The first kappa shape index (κ1) is 20.3. The van der Waals surface area contributed by atoms with E-state index in [4.69, 9.17) is 9.15 Å². The first-order valence-electron chi connectivity index (χ1n) is 8.66. The van der Waals surface area contributed by atoms with Gasteiger partial charge in [0.15, 0.2) is 0 Å². The molecule has 0 fully saturated rings. The fraction of sp³-hybridized carbons (Fsp3) is 0.526. The predicted molar refractivity (Wildman–Crippen MR) is 102 cm³/mol. The average Bonchev–Trinajstić information content (AvgIpc) is 2.98. The van der Waals surface area contributed by atoms with E-state index in [-0.39, 0.29) is 5.92 Å². The highest BCUT2D eigenvalue weighted by Crippen LogP contribution is 2.27.